The van der Waals surface area contributed by atoms with E-state index in [0.717, 1.165) is 30.6 Å². The zero-order chi connectivity index (χ0) is 15.4. The quantitative estimate of drug-likeness (QED) is 0.908. The molecule has 0 spiro atoms. The van der Waals surface area contributed by atoms with Gasteiger partial charge in [-0.15, -0.1) is 11.3 Å². The topological polar surface area (TPSA) is 60.9 Å². The predicted octanol–water partition coefficient (Wildman–Crippen LogP) is 3.19. The van der Waals surface area contributed by atoms with Crippen LogP contribution in [0.3, 0.4) is 0 Å². The second kappa shape index (κ2) is 6.93. The number of carboxylic acid groups (broad SMARTS) is 1. The minimum atomic E-state index is -0.951. The molecular formula is C15H22N2O3S. The van der Waals surface area contributed by atoms with E-state index in [2.05, 4.69) is 0 Å². The molecule has 1 aliphatic carbocycles. The fourth-order valence-electron chi connectivity index (χ4n) is 2.80. The SMILES string of the molecule is CC(c1cccs1)N(C)C(=O)N(CC(=O)O)C1CCCC1. The molecule has 1 aromatic heterocycles. The molecule has 2 amide bonds. The van der Waals surface area contributed by atoms with Crippen molar-refractivity contribution in [2.45, 2.75) is 44.7 Å². The van der Waals surface area contributed by atoms with Crippen molar-refractivity contribution in [1.29, 1.82) is 0 Å². The fourth-order valence-corrected chi connectivity index (χ4v) is 3.63. The van der Waals surface area contributed by atoms with Gasteiger partial charge in [-0.25, -0.2) is 4.79 Å². The first-order valence-electron chi connectivity index (χ1n) is 7.29. The molecule has 116 valence electrons. The summed E-state index contributed by atoms with van der Waals surface area (Å²) in [7, 11) is 1.75. The molecule has 0 aliphatic heterocycles. The lowest BCUT2D eigenvalue weighted by Crippen LogP contribution is -2.48. The molecule has 1 unspecified atom stereocenters. The maximum Gasteiger partial charge on any atom is 0.323 e. The van der Waals surface area contributed by atoms with Crippen molar-refractivity contribution in [2.75, 3.05) is 13.6 Å². The highest BCUT2D eigenvalue weighted by atomic mass is 32.1. The van der Waals surface area contributed by atoms with Crippen LogP contribution in [-0.4, -0.2) is 46.5 Å². The summed E-state index contributed by atoms with van der Waals surface area (Å²) in [6, 6.07) is 3.78. The van der Waals surface area contributed by atoms with Gasteiger partial charge in [0.25, 0.3) is 0 Å². The van der Waals surface area contributed by atoms with Crippen molar-refractivity contribution in [3.63, 3.8) is 0 Å². The number of aliphatic carboxylic acids is 1. The summed E-state index contributed by atoms with van der Waals surface area (Å²) in [5, 5.41) is 11.1. The summed E-state index contributed by atoms with van der Waals surface area (Å²) in [5.74, 6) is -0.951. The first-order valence-corrected chi connectivity index (χ1v) is 8.17. The summed E-state index contributed by atoms with van der Waals surface area (Å²) in [6.07, 6.45) is 3.94. The van der Waals surface area contributed by atoms with E-state index in [1.54, 1.807) is 23.3 Å². The number of carbonyl (C=O) groups excluding carboxylic acids is 1. The van der Waals surface area contributed by atoms with Gasteiger partial charge in [-0.2, -0.15) is 0 Å². The highest BCUT2D eigenvalue weighted by Gasteiger charge is 2.32. The molecule has 1 N–H and O–H groups in total. The molecule has 6 heteroatoms. The van der Waals surface area contributed by atoms with E-state index >= 15 is 0 Å². The van der Waals surface area contributed by atoms with Gasteiger partial charge in [-0.05, 0) is 31.2 Å². The van der Waals surface area contributed by atoms with Crippen LogP contribution in [0, 0.1) is 0 Å². The number of rotatable bonds is 5. The zero-order valence-electron chi connectivity index (χ0n) is 12.5. The molecule has 21 heavy (non-hydrogen) atoms. The average molecular weight is 310 g/mol. The van der Waals surface area contributed by atoms with Crippen LogP contribution in [0.1, 0.15) is 43.5 Å². The van der Waals surface area contributed by atoms with E-state index in [9.17, 15) is 9.59 Å². The van der Waals surface area contributed by atoms with Crippen molar-refractivity contribution in [1.82, 2.24) is 9.80 Å². The highest BCUT2D eigenvalue weighted by Crippen LogP contribution is 2.28. The van der Waals surface area contributed by atoms with E-state index in [4.69, 9.17) is 5.11 Å². The summed E-state index contributed by atoms with van der Waals surface area (Å²) in [4.78, 5) is 28.1. The molecule has 1 saturated carbocycles. The lowest BCUT2D eigenvalue weighted by Gasteiger charge is -2.34. The summed E-state index contributed by atoms with van der Waals surface area (Å²) >= 11 is 1.61. The Morgan fingerprint density at radius 3 is 2.62 bits per heavy atom. The molecular weight excluding hydrogens is 288 g/mol. The molecule has 1 aromatic rings. The molecule has 0 saturated heterocycles. The van der Waals surface area contributed by atoms with Crippen LogP contribution in [0.25, 0.3) is 0 Å². The van der Waals surface area contributed by atoms with Gasteiger partial charge in [-0.1, -0.05) is 18.9 Å². The van der Waals surface area contributed by atoms with Crippen LogP contribution < -0.4 is 0 Å². The normalized spacial score (nSPS) is 16.7. The van der Waals surface area contributed by atoms with Crippen LogP contribution in [0.15, 0.2) is 17.5 Å². The molecule has 0 aromatic carbocycles. The van der Waals surface area contributed by atoms with Gasteiger partial charge in [0.05, 0.1) is 6.04 Å². The number of amides is 2. The van der Waals surface area contributed by atoms with Crippen molar-refractivity contribution in [3.8, 4) is 0 Å². The van der Waals surface area contributed by atoms with Gasteiger partial charge in [0.1, 0.15) is 6.54 Å². The first kappa shape index (κ1) is 15.8. The lowest BCUT2D eigenvalue weighted by atomic mass is 10.2. The van der Waals surface area contributed by atoms with Gasteiger partial charge in [0, 0.05) is 18.0 Å². The highest BCUT2D eigenvalue weighted by molar-refractivity contribution is 7.10. The monoisotopic (exact) mass is 310 g/mol. The first-order chi connectivity index (χ1) is 10.0. The van der Waals surface area contributed by atoms with Gasteiger partial charge in [0.2, 0.25) is 0 Å². The third kappa shape index (κ3) is 3.75. The number of carboxylic acids is 1. The minimum absolute atomic E-state index is 0.0461. The second-order valence-corrected chi connectivity index (χ2v) is 6.52. The van der Waals surface area contributed by atoms with Crippen LogP contribution in [0.2, 0.25) is 0 Å². The maximum absolute atomic E-state index is 12.7. The third-order valence-electron chi connectivity index (χ3n) is 4.15. The molecule has 0 radical (unpaired) electrons. The number of thiophene rings is 1. The van der Waals surface area contributed by atoms with Crippen LogP contribution in [0.4, 0.5) is 4.79 Å². The molecule has 1 atom stereocenters. The average Bonchev–Trinajstić information content (AvgIpc) is 3.14. The van der Waals surface area contributed by atoms with Crippen molar-refractivity contribution in [2.24, 2.45) is 0 Å². The van der Waals surface area contributed by atoms with Crippen LogP contribution in [-0.2, 0) is 4.79 Å². The molecule has 2 rings (SSSR count). The third-order valence-corrected chi connectivity index (χ3v) is 5.20. The summed E-state index contributed by atoms with van der Waals surface area (Å²) in [5.41, 5.74) is 0. The molecule has 0 bridgehead atoms. The van der Waals surface area contributed by atoms with Crippen molar-refractivity contribution >= 4 is 23.3 Å². The zero-order valence-corrected chi connectivity index (χ0v) is 13.3. The Morgan fingerprint density at radius 2 is 2.10 bits per heavy atom. The second-order valence-electron chi connectivity index (χ2n) is 5.54. The summed E-state index contributed by atoms with van der Waals surface area (Å²) < 4.78 is 0. The number of hydrogen-bond donors (Lipinski definition) is 1. The number of hydrogen-bond acceptors (Lipinski definition) is 3. The number of nitrogens with zero attached hydrogens (tertiary/aromatic N) is 2. The standard InChI is InChI=1S/C15H22N2O3S/c1-11(13-8-5-9-21-13)16(2)15(20)17(10-14(18)19)12-6-3-4-7-12/h5,8-9,11-12H,3-4,6-7,10H2,1-2H3,(H,18,19). The summed E-state index contributed by atoms with van der Waals surface area (Å²) in [6.45, 7) is 1.75. The molecule has 1 aliphatic rings. The van der Waals surface area contributed by atoms with Gasteiger partial charge < -0.3 is 14.9 Å². The minimum Gasteiger partial charge on any atom is -0.480 e. The fraction of sp³-hybridized carbons (Fsp3) is 0.600. The van der Waals surface area contributed by atoms with Crippen molar-refractivity contribution < 1.29 is 14.7 Å². The maximum atomic E-state index is 12.7. The van der Waals surface area contributed by atoms with Crippen molar-refractivity contribution in [3.05, 3.63) is 22.4 Å². The van der Waals surface area contributed by atoms with E-state index in [-0.39, 0.29) is 24.7 Å². The number of carbonyl (C=O) groups is 2. The Kier molecular flexibility index (Phi) is 5.22. The van der Waals surface area contributed by atoms with Gasteiger partial charge >= 0.3 is 12.0 Å². The Hall–Kier alpha value is -1.56. The molecule has 1 heterocycles. The predicted molar refractivity (Wildman–Crippen MR) is 82.5 cm³/mol. The Morgan fingerprint density at radius 1 is 1.43 bits per heavy atom. The Bertz CT molecular complexity index is 483. The molecule has 1 fully saturated rings. The van der Waals surface area contributed by atoms with Gasteiger partial charge in [-0.3, -0.25) is 4.79 Å². The Labute approximate surface area is 129 Å². The van der Waals surface area contributed by atoms with E-state index in [1.165, 1.54) is 4.90 Å². The number of urea groups is 1. The van der Waals surface area contributed by atoms with E-state index < -0.39 is 5.97 Å². The largest absolute Gasteiger partial charge is 0.480 e. The van der Waals surface area contributed by atoms with Gasteiger partial charge in [0.15, 0.2) is 0 Å². The van der Waals surface area contributed by atoms with Crippen LogP contribution in [0.5, 0.6) is 0 Å². The smallest absolute Gasteiger partial charge is 0.323 e. The van der Waals surface area contributed by atoms with Crippen LogP contribution >= 0.6 is 11.3 Å². The molecule has 5 nitrogen and oxygen atoms in total. The van der Waals surface area contributed by atoms with E-state index in [1.807, 2.05) is 24.4 Å². The Balaban J connectivity index is 2.10. The lowest BCUT2D eigenvalue weighted by molar-refractivity contribution is -0.138. The van der Waals surface area contributed by atoms with E-state index in [0.29, 0.717) is 0 Å².